The highest BCUT2D eigenvalue weighted by Crippen LogP contribution is 2.36. The maximum absolute atomic E-state index is 10.00. The maximum atomic E-state index is 10.00. The lowest BCUT2D eigenvalue weighted by Gasteiger charge is -2.37. The minimum absolute atomic E-state index is 0.206. The molecule has 0 aliphatic carbocycles. The number of H-pyrrole nitrogens is 1. The Morgan fingerprint density at radius 1 is 1.10 bits per heavy atom. The molecule has 11 nitrogen and oxygen atoms in total. The number of hydrogen-bond donors (Lipinski definition) is 3. The molecular weight excluding hydrogens is 532 g/mol. The molecule has 0 bridgehead atoms. The van der Waals surface area contributed by atoms with Crippen molar-refractivity contribution < 1.29 is 22.8 Å². The Morgan fingerprint density at radius 2 is 1.88 bits per heavy atom. The number of benzene rings is 1. The minimum Gasteiger partial charge on any atom is -0.494 e. The van der Waals surface area contributed by atoms with Gasteiger partial charge in [-0.3, -0.25) is 14.6 Å². The van der Waals surface area contributed by atoms with Crippen LogP contribution >= 0.6 is 0 Å². The molecule has 2 saturated heterocycles. The SMILES string of the molecule is COc1cc2[nH]nc(-c3ccc(N4CCN5C[C@H](O)C[C@H]5C4)nc3)c2nc1-c1cccc(C)c1C.CS(=O)(=O)O. The van der Waals surface area contributed by atoms with Crippen molar-refractivity contribution in [2.75, 3.05) is 44.4 Å². The average molecular weight is 567 g/mol. The Morgan fingerprint density at radius 3 is 2.58 bits per heavy atom. The number of nitrogens with zero attached hydrogens (tertiary/aromatic N) is 5. The van der Waals surface area contributed by atoms with Crippen LogP contribution in [0.1, 0.15) is 17.5 Å². The molecule has 2 aliphatic rings. The number of aliphatic hydroxyl groups is 1. The molecule has 0 spiro atoms. The van der Waals surface area contributed by atoms with Crippen LogP contribution in [-0.4, -0.2) is 94.8 Å². The van der Waals surface area contributed by atoms with E-state index in [1.165, 1.54) is 11.1 Å². The number of aryl methyl sites for hydroxylation is 1. The van der Waals surface area contributed by atoms with Crippen LogP contribution in [-0.2, 0) is 10.1 Å². The second-order valence-corrected chi connectivity index (χ2v) is 11.8. The van der Waals surface area contributed by atoms with Crippen LogP contribution in [0.5, 0.6) is 5.75 Å². The molecule has 0 saturated carbocycles. The zero-order valence-electron chi connectivity index (χ0n) is 23.0. The summed E-state index contributed by atoms with van der Waals surface area (Å²) >= 11 is 0. The van der Waals surface area contributed by atoms with Gasteiger partial charge >= 0.3 is 0 Å². The number of aromatic amines is 1. The van der Waals surface area contributed by atoms with Crippen molar-refractivity contribution in [1.29, 1.82) is 0 Å². The first kappa shape index (κ1) is 28.0. The first-order chi connectivity index (χ1) is 19.0. The molecule has 6 rings (SSSR count). The number of nitrogens with one attached hydrogen (secondary N) is 1. The fourth-order valence-electron chi connectivity index (χ4n) is 5.42. The first-order valence-corrected chi connectivity index (χ1v) is 14.9. The number of ether oxygens (including phenoxy) is 1. The van der Waals surface area contributed by atoms with Gasteiger partial charge in [0, 0.05) is 55.6 Å². The zero-order valence-corrected chi connectivity index (χ0v) is 23.8. The topological polar surface area (TPSA) is 145 Å². The maximum Gasteiger partial charge on any atom is 0.261 e. The smallest absolute Gasteiger partial charge is 0.261 e. The van der Waals surface area contributed by atoms with Crippen molar-refractivity contribution in [2.45, 2.75) is 32.4 Å². The number of methoxy groups -OCH3 is 1. The van der Waals surface area contributed by atoms with Crippen molar-refractivity contribution >= 4 is 27.0 Å². The summed E-state index contributed by atoms with van der Waals surface area (Å²) in [6, 6.07) is 12.7. The van der Waals surface area contributed by atoms with E-state index >= 15 is 0 Å². The highest BCUT2D eigenvalue weighted by molar-refractivity contribution is 7.85. The monoisotopic (exact) mass is 566 g/mol. The van der Waals surface area contributed by atoms with Crippen molar-refractivity contribution in [3.8, 4) is 28.3 Å². The molecule has 3 N–H and O–H groups in total. The van der Waals surface area contributed by atoms with Gasteiger partial charge in [0.1, 0.15) is 28.5 Å². The Labute approximate surface area is 233 Å². The second-order valence-electron chi connectivity index (χ2n) is 10.4. The van der Waals surface area contributed by atoms with E-state index in [0.717, 1.165) is 72.0 Å². The molecule has 2 fully saturated rings. The van der Waals surface area contributed by atoms with Gasteiger partial charge in [-0.05, 0) is 43.5 Å². The van der Waals surface area contributed by atoms with E-state index < -0.39 is 10.1 Å². The predicted octanol–water partition coefficient (Wildman–Crippen LogP) is 3.07. The van der Waals surface area contributed by atoms with Crippen molar-refractivity contribution in [2.24, 2.45) is 0 Å². The summed E-state index contributed by atoms with van der Waals surface area (Å²) in [4.78, 5) is 14.5. The number of anilines is 1. The Bertz CT molecular complexity index is 1610. The van der Waals surface area contributed by atoms with Gasteiger partial charge in [-0.15, -0.1) is 0 Å². The molecule has 212 valence electrons. The molecule has 5 heterocycles. The molecule has 1 aromatic carbocycles. The normalized spacial score (nSPS) is 19.3. The summed E-state index contributed by atoms with van der Waals surface area (Å²) in [7, 11) is -2.00. The van der Waals surface area contributed by atoms with Gasteiger partial charge in [0.15, 0.2) is 0 Å². The van der Waals surface area contributed by atoms with Crippen molar-refractivity contribution in [1.82, 2.24) is 25.1 Å². The van der Waals surface area contributed by atoms with Crippen molar-refractivity contribution in [3.05, 3.63) is 53.7 Å². The lowest BCUT2D eigenvalue weighted by Crippen LogP contribution is -2.50. The van der Waals surface area contributed by atoms with Gasteiger partial charge in [-0.25, -0.2) is 9.97 Å². The highest BCUT2D eigenvalue weighted by Gasteiger charge is 2.35. The zero-order chi connectivity index (χ0) is 28.6. The molecule has 4 aromatic rings. The quantitative estimate of drug-likeness (QED) is 0.315. The average Bonchev–Trinajstić information content (AvgIpc) is 3.50. The van der Waals surface area contributed by atoms with Crippen LogP contribution in [0.25, 0.3) is 33.5 Å². The number of fused-ring (bicyclic) bond motifs is 2. The molecule has 0 unspecified atom stereocenters. The van der Waals surface area contributed by atoms with E-state index in [-0.39, 0.29) is 6.10 Å². The van der Waals surface area contributed by atoms with Crippen molar-refractivity contribution in [3.63, 3.8) is 0 Å². The largest absolute Gasteiger partial charge is 0.494 e. The lowest BCUT2D eigenvalue weighted by atomic mass is 9.99. The van der Waals surface area contributed by atoms with Gasteiger partial charge in [-0.2, -0.15) is 13.5 Å². The van der Waals surface area contributed by atoms with E-state index in [2.05, 4.69) is 58.1 Å². The Hall–Kier alpha value is -3.58. The van der Waals surface area contributed by atoms with Gasteiger partial charge in [0.05, 0.1) is 25.0 Å². The summed E-state index contributed by atoms with van der Waals surface area (Å²) in [6.07, 6.45) is 3.23. The van der Waals surface area contributed by atoms with Crippen LogP contribution in [0.2, 0.25) is 0 Å². The fourth-order valence-corrected chi connectivity index (χ4v) is 5.42. The van der Waals surface area contributed by atoms with Gasteiger partial charge in [0.2, 0.25) is 0 Å². The Kier molecular flexibility index (Phi) is 7.78. The van der Waals surface area contributed by atoms with Crippen LogP contribution in [0.4, 0.5) is 5.82 Å². The highest BCUT2D eigenvalue weighted by atomic mass is 32.2. The van der Waals surface area contributed by atoms with E-state index in [9.17, 15) is 13.5 Å². The molecule has 0 radical (unpaired) electrons. The van der Waals surface area contributed by atoms with Gasteiger partial charge in [0.25, 0.3) is 10.1 Å². The van der Waals surface area contributed by atoms with Gasteiger partial charge < -0.3 is 14.7 Å². The molecular formula is C28H34N6O5S. The molecule has 3 aromatic heterocycles. The standard InChI is InChI=1S/C27H30N6O2.CH4O3S/c1-16-5-4-6-21(17(16)2)26-23(35-3)12-22-27(29-26)25(31-30-22)18-7-8-24(28-13-18)33-10-9-32-15-20(34)11-19(32)14-33;1-5(2,3)4/h4-8,12-13,19-20,34H,9-11,14-15H2,1-3H3,(H,30,31);1H3,(H,2,3,4)/t19-,20+;/m0./s1. The van der Waals surface area contributed by atoms with Crippen LogP contribution < -0.4 is 9.64 Å². The molecule has 0 amide bonds. The third kappa shape index (κ3) is 5.94. The molecule has 12 heteroatoms. The van der Waals surface area contributed by atoms with Crippen LogP contribution in [0.3, 0.4) is 0 Å². The first-order valence-electron chi connectivity index (χ1n) is 13.1. The number of rotatable bonds is 4. The third-order valence-electron chi connectivity index (χ3n) is 7.52. The van der Waals surface area contributed by atoms with E-state index in [1.807, 2.05) is 18.3 Å². The molecule has 2 atom stereocenters. The van der Waals surface area contributed by atoms with Crippen LogP contribution in [0.15, 0.2) is 42.6 Å². The summed E-state index contributed by atoms with van der Waals surface area (Å²) in [5, 5.41) is 17.7. The Balaban J connectivity index is 0.000000595. The lowest BCUT2D eigenvalue weighted by molar-refractivity contribution is 0.173. The second kappa shape index (κ2) is 11.1. The number of pyridine rings is 2. The fraction of sp³-hybridized carbons (Fsp3) is 0.393. The summed E-state index contributed by atoms with van der Waals surface area (Å²) < 4.78 is 31.6. The number of aliphatic hydroxyl groups excluding tert-OH is 1. The minimum atomic E-state index is -3.67. The van der Waals surface area contributed by atoms with E-state index in [0.29, 0.717) is 18.0 Å². The summed E-state index contributed by atoms with van der Waals surface area (Å²) in [5.41, 5.74) is 7.58. The van der Waals surface area contributed by atoms with E-state index in [1.54, 1.807) is 7.11 Å². The van der Waals surface area contributed by atoms with Gasteiger partial charge in [-0.1, -0.05) is 18.2 Å². The molecule has 2 aliphatic heterocycles. The number of aromatic nitrogens is 4. The summed E-state index contributed by atoms with van der Waals surface area (Å²) in [5.74, 6) is 1.67. The molecule has 40 heavy (non-hydrogen) atoms. The third-order valence-corrected chi connectivity index (χ3v) is 7.52. The summed E-state index contributed by atoms with van der Waals surface area (Å²) in [6.45, 7) is 7.79. The number of piperazine rings is 1. The van der Waals surface area contributed by atoms with Crippen LogP contribution in [0, 0.1) is 13.8 Å². The van der Waals surface area contributed by atoms with E-state index in [4.69, 9.17) is 19.3 Å². The predicted molar refractivity (Wildman–Crippen MR) is 154 cm³/mol. The number of hydrogen-bond acceptors (Lipinski definition) is 9.